The number of carbonyl (C=O) groups is 1. The third-order valence-corrected chi connectivity index (χ3v) is 3.20. The highest BCUT2D eigenvalue weighted by atomic mass is 16.5. The molecule has 6 heteroatoms. The fourth-order valence-corrected chi connectivity index (χ4v) is 2.01. The highest BCUT2D eigenvalue weighted by Crippen LogP contribution is 2.18. The Kier molecular flexibility index (Phi) is 4.67. The lowest BCUT2D eigenvalue weighted by molar-refractivity contribution is 0.0996. The fourth-order valence-electron chi connectivity index (χ4n) is 2.01. The van der Waals surface area contributed by atoms with Crippen molar-refractivity contribution in [3.8, 4) is 5.88 Å². The molecule has 0 fully saturated rings. The molecule has 2 aromatic heterocycles. The molecule has 0 saturated heterocycles. The van der Waals surface area contributed by atoms with Crippen molar-refractivity contribution in [1.29, 1.82) is 0 Å². The van der Waals surface area contributed by atoms with Gasteiger partial charge in [-0.1, -0.05) is 36.4 Å². The average molecular weight is 321 g/mol. The summed E-state index contributed by atoms with van der Waals surface area (Å²) >= 11 is 0. The fraction of sp³-hybridized carbons (Fsp3) is 0.0556. The molecule has 0 atom stereocenters. The zero-order valence-electron chi connectivity index (χ0n) is 13.0. The van der Waals surface area contributed by atoms with E-state index < -0.39 is 5.91 Å². The van der Waals surface area contributed by atoms with E-state index in [4.69, 9.17) is 9.15 Å². The summed E-state index contributed by atoms with van der Waals surface area (Å²) in [7, 11) is 1.49. The Morgan fingerprint density at radius 2 is 2.00 bits per heavy atom. The molecule has 120 valence electrons. The van der Waals surface area contributed by atoms with Crippen molar-refractivity contribution in [2.45, 2.75) is 0 Å². The molecule has 3 aromatic rings. The standard InChI is InChI=1S/C18H15N3O3/c1-23-16-12-19-14(10-9-13-6-3-2-4-7-13)17(20-16)21-18(22)15-8-5-11-24-15/h2-12H,1H3,(H,20,21,22)/b10-9-. The van der Waals surface area contributed by atoms with Crippen LogP contribution in [-0.2, 0) is 0 Å². The molecule has 0 spiro atoms. The summed E-state index contributed by atoms with van der Waals surface area (Å²) in [4.78, 5) is 20.7. The molecule has 0 aliphatic carbocycles. The molecule has 0 unspecified atom stereocenters. The molecule has 1 amide bonds. The number of furan rings is 1. The normalized spacial score (nSPS) is 10.7. The van der Waals surface area contributed by atoms with E-state index in [1.54, 1.807) is 18.2 Å². The van der Waals surface area contributed by atoms with E-state index in [9.17, 15) is 4.79 Å². The van der Waals surface area contributed by atoms with Gasteiger partial charge in [-0.25, -0.2) is 4.98 Å². The van der Waals surface area contributed by atoms with Crippen LogP contribution >= 0.6 is 0 Å². The molecule has 1 N–H and O–H groups in total. The first kappa shape index (κ1) is 15.5. The smallest absolute Gasteiger partial charge is 0.292 e. The van der Waals surface area contributed by atoms with Gasteiger partial charge in [0.2, 0.25) is 5.88 Å². The molecular formula is C18H15N3O3. The van der Waals surface area contributed by atoms with Crippen molar-refractivity contribution >= 4 is 23.9 Å². The first-order valence-electron chi connectivity index (χ1n) is 7.25. The number of anilines is 1. The summed E-state index contributed by atoms with van der Waals surface area (Å²) in [6.45, 7) is 0. The van der Waals surface area contributed by atoms with E-state index in [1.807, 2.05) is 36.4 Å². The lowest BCUT2D eigenvalue weighted by atomic mass is 10.2. The number of benzene rings is 1. The number of amides is 1. The van der Waals surface area contributed by atoms with Gasteiger partial charge in [0.25, 0.3) is 5.91 Å². The molecule has 0 radical (unpaired) electrons. The second-order valence-corrected chi connectivity index (χ2v) is 4.82. The topological polar surface area (TPSA) is 77.2 Å². The SMILES string of the molecule is COc1cnc(/C=C\c2ccccc2)c(NC(=O)c2ccco2)n1. The number of nitrogens with one attached hydrogen (secondary N) is 1. The minimum atomic E-state index is -0.406. The summed E-state index contributed by atoms with van der Waals surface area (Å²) < 4.78 is 10.2. The van der Waals surface area contributed by atoms with Crippen molar-refractivity contribution in [3.05, 3.63) is 71.9 Å². The molecule has 0 aliphatic rings. The summed E-state index contributed by atoms with van der Waals surface area (Å²) in [6.07, 6.45) is 6.59. The summed E-state index contributed by atoms with van der Waals surface area (Å²) in [5, 5.41) is 2.69. The van der Waals surface area contributed by atoms with Gasteiger partial charge in [0, 0.05) is 0 Å². The zero-order chi connectivity index (χ0) is 16.8. The highest BCUT2D eigenvalue weighted by molar-refractivity contribution is 6.02. The van der Waals surface area contributed by atoms with E-state index in [0.29, 0.717) is 17.4 Å². The first-order chi connectivity index (χ1) is 11.8. The Balaban J connectivity index is 1.88. The van der Waals surface area contributed by atoms with Crippen molar-refractivity contribution < 1.29 is 13.9 Å². The quantitative estimate of drug-likeness (QED) is 0.778. The maximum absolute atomic E-state index is 12.2. The van der Waals surface area contributed by atoms with Crippen LogP contribution < -0.4 is 10.1 Å². The van der Waals surface area contributed by atoms with Crippen molar-refractivity contribution in [2.24, 2.45) is 0 Å². The van der Waals surface area contributed by atoms with Gasteiger partial charge in [0.15, 0.2) is 11.6 Å². The van der Waals surface area contributed by atoms with Crippen LogP contribution in [0.5, 0.6) is 5.88 Å². The van der Waals surface area contributed by atoms with Crippen LogP contribution in [0.2, 0.25) is 0 Å². The number of carbonyl (C=O) groups excluding carboxylic acids is 1. The number of nitrogens with zero attached hydrogens (tertiary/aromatic N) is 2. The predicted molar refractivity (Wildman–Crippen MR) is 90.6 cm³/mol. The van der Waals surface area contributed by atoms with Gasteiger partial charge in [0.1, 0.15) is 5.69 Å². The van der Waals surface area contributed by atoms with E-state index in [-0.39, 0.29) is 5.76 Å². The summed E-state index contributed by atoms with van der Waals surface area (Å²) in [5.74, 6) is 0.388. The van der Waals surface area contributed by atoms with Crippen LogP contribution in [0.1, 0.15) is 21.8 Å². The second-order valence-electron chi connectivity index (χ2n) is 4.82. The Morgan fingerprint density at radius 3 is 2.71 bits per heavy atom. The average Bonchev–Trinajstić information content (AvgIpc) is 3.16. The van der Waals surface area contributed by atoms with Gasteiger partial charge in [-0.3, -0.25) is 4.79 Å². The zero-order valence-corrected chi connectivity index (χ0v) is 13.0. The number of ether oxygens (including phenoxy) is 1. The monoisotopic (exact) mass is 321 g/mol. The molecule has 0 bridgehead atoms. The minimum absolute atomic E-state index is 0.192. The van der Waals surface area contributed by atoms with Crippen LogP contribution in [-0.4, -0.2) is 23.0 Å². The summed E-state index contributed by atoms with van der Waals surface area (Å²) in [6, 6.07) is 13.0. The van der Waals surface area contributed by atoms with Crippen molar-refractivity contribution in [3.63, 3.8) is 0 Å². The Bertz CT molecular complexity index is 843. The van der Waals surface area contributed by atoms with Crippen LogP contribution in [0.3, 0.4) is 0 Å². The van der Waals surface area contributed by atoms with Crippen molar-refractivity contribution in [1.82, 2.24) is 9.97 Å². The molecule has 1 aromatic carbocycles. The van der Waals surface area contributed by atoms with Gasteiger partial charge < -0.3 is 14.5 Å². The lowest BCUT2D eigenvalue weighted by Crippen LogP contribution is -2.14. The Morgan fingerprint density at radius 1 is 1.17 bits per heavy atom. The third-order valence-electron chi connectivity index (χ3n) is 3.20. The van der Waals surface area contributed by atoms with E-state index in [1.165, 1.54) is 19.6 Å². The number of aromatic nitrogens is 2. The van der Waals surface area contributed by atoms with Gasteiger partial charge in [-0.05, 0) is 23.8 Å². The van der Waals surface area contributed by atoms with E-state index in [2.05, 4.69) is 15.3 Å². The molecule has 0 aliphatic heterocycles. The largest absolute Gasteiger partial charge is 0.480 e. The molecule has 0 saturated carbocycles. The maximum Gasteiger partial charge on any atom is 0.292 e. The number of rotatable bonds is 5. The lowest BCUT2D eigenvalue weighted by Gasteiger charge is -2.07. The molecule has 3 rings (SSSR count). The van der Waals surface area contributed by atoms with Gasteiger partial charge in [-0.15, -0.1) is 0 Å². The predicted octanol–water partition coefficient (Wildman–Crippen LogP) is 3.50. The van der Waals surface area contributed by atoms with Gasteiger partial charge in [-0.2, -0.15) is 4.98 Å². The van der Waals surface area contributed by atoms with Crippen LogP contribution in [0.15, 0.2) is 59.3 Å². The third kappa shape index (κ3) is 3.67. The van der Waals surface area contributed by atoms with Gasteiger partial charge >= 0.3 is 0 Å². The minimum Gasteiger partial charge on any atom is -0.480 e. The maximum atomic E-state index is 12.2. The highest BCUT2D eigenvalue weighted by Gasteiger charge is 2.13. The molecular weight excluding hydrogens is 306 g/mol. The van der Waals surface area contributed by atoms with E-state index >= 15 is 0 Å². The van der Waals surface area contributed by atoms with Crippen LogP contribution in [0, 0.1) is 0 Å². The number of methoxy groups -OCH3 is 1. The van der Waals surface area contributed by atoms with Crippen LogP contribution in [0.4, 0.5) is 5.82 Å². The first-order valence-corrected chi connectivity index (χ1v) is 7.25. The Hall–Kier alpha value is -3.41. The number of hydrogen-bond acceptors (Lipinski definition) is 5. The second kappa shape index (κ2) is 7.23. The molecule has 2 heterocycles. The number of hydrogen-bond donors (Lipinski definition) is 1. The molecule has 6 nitrogen and oxygen atoms in total. The molecule has 24 heavy (non-hydrogen) atoms. The Labute approximate surface area is 138 Å². The van der Waals surface area contributed by atoms with Crippen LogP contribution in [0.25, 0.3) is 12.2 Å². The van der Waals surface area contributed by atoms with Gasteiger partial charge in [0.05, 0.1) is 19.6 Å². The van der Waals surface area contributed by atoms with E-state index in [0.717, 1.165) is 5.56 Å². The summed E-state index contributed by atoms with van der Waals surface area (Å²) in [5.41, 5.74) is 1.53. The van der Waals surface area contributed by atoms with Crippen molar-refractivity contribution in [2.75, 3.05) is 12.4 Å².